The number of ether oxygens (including phenoxy) is 1. The van der Waals surface area contributed by atoms with E-state index in [2.05, 4.69) is 52.1 Å². The molecule has 1 atom stereocenters. The summed E-state index contributed by atoms with van der Waals surface area (Å²) in [6.45, 7) is 1.52. The van der Waals surface area contributed by atoms with Gasteiger partial charge in [-0.2, -0.15) is 0 Å². The molecule has 1 aromatic carbocycles. The van der Waals surface area contributed by atoms with Crippen molar-refractivity contribution < 1.29 is 4.74 Å². The molecule has 2 rings (SSSR count). The van der Waals surface area contributed by atoms with Crippen LogP contribution in [0.5, 0.6) is 5.75 Å². The molecule has 0 aliphatic rings. The van der Waals surface area contributed by atoms with Crippen molar-refractivity contribution in [3.05, 3.63) is 52.2 Å². The summed E-state index contributed by atoms with van der Waals surface area (Å²) < 4.78 is 5.18. The Kier molecular flexibility index (Phi) is 7.08. The van der Waals surface area contributed by atoms with Crippen molar-refractivity contribution in [2.24, 2.45) is 4.99 Å². The largest absolute Gasteiger partial charge is 0.497 e. The maximum Gasteiger partial charge on any atom is 0.191 e. The highest BCUT2D eigenvalue weighted by Crippen LogP contribution is 2.22. The van der Waals surface area contributed by atoms with Crippen LogP contribution in [-0.2, 0) is 6.54 Å². The summed E-state index contributed by atoms with van der Waals surface area (Å²) in [5, 5.41) is 8.87. The third-order valence-corrected chi connectivity index (χ3v) is 4.77. The predicted molar refractivity (Wildman–Crippen MR) is 102 cm³/mol. The Morgan fingerprint density at radius 1 is 1.21 bits per heavy atom. The van der Waals surface area contributed by atoms with Gasteiger partial charge in [-0.25, -0.2) is 0 Å². The van der Waals surface area contributed by atoms with Crippen molar-refractivity contribution >= 4 is 17.3 Å². The summed E-state index contributed by atoms with van der Waals surface area (Å²) in [7, 11) is 7.66. The van der Waals surface area contributed by atoms with Gasteiger partial charge in [0.15, 0.2) is 5.96 Å². The highest BCUT2D eigenvalue weighted by Gasteiger charge is 2.15. The standard InChI is InChI=1S/C18H26N4OS/c1-19-18(20-12-14-7-9-15(23-4)10-8-14)21-13-16(22(2)3)17-6-5-11-24-17/h5-11,16H,12-13H2,1-4H3,(H2,19,20,21). The molecule has 0 spiro atoms. The number of guanidine groups is 1. The quantitative estimate of drug-likeness (QED) is 0.598. The average Bonchev–Trinajstić information content (AvgIpc) is 3.12. The third kappa shape index (κ3) is 5.25. The van der Waals surface area contributed by atoms with Crippen LogP contribution in [0.15, 0.2) is 46.8 Å². The lowest BCUT2D eigenvalue weighted by molar-refractivity contribution is 0.302. The highest BCUT2D eigenvalue weighted by atomic mass is 32.1. The summed E-state index contributed by atoms with van der Waals surface area (Å²) in [6, 6.07) is 12.6. The molecule has 0 saturated heterocycles. The molecule has 5 nitrogen and oxygen atoms in total. The van der Waals surface area contributed by atoms with Crippen LogP contribution in [-0.4, -0.2) is 45.7 Å². The van der Waals surface area contributed by atoms with E-state index in [1.807, 2.05) is 24.3 Å². The fraction of sp³-hybridized carbons (Fsp3) is 0.389. The third-order valence-electron chi connectivity index (χ3n) is 3.80. The minimum absolute atomic E-state index is 0.324. The number of methoxy groups -OCH3 is 1. The smallest absolute Gasteiger partial charge is 0.191 e. The van der Waals surface area contributed by atoms with E-state index in [0.717, 1.165) is 24.8 Å². The van der Waals surface area contributed by atoms with Crippen LogP contribution < -0.4 is 15.4 Å². The Morgan fingerprint density at radius 2 is 1.96 bits per heavy atom. The number of nitrogens with one attached hydrogen (secondary N) is 2. The van der Waals surface area contributed by atoms with Gasteiger partial charge in [-0.3, -0.25) is 4.99 Å². The average molecular weight is 347 g/mol. The first-order valence-electron chi connectivity index (χ1n) is 7.91. The van der Waals surface area contributed by atoms with Crippen LogP contribution in [0.1, 0.15) is 16.5 Å². The lowest BCUT2D eigenvalue weighted by Crippen LogP contribution is -2.41. The van der Waals surface area contributed by atoms with Crippen LogP contribution >= 0.6 is 11.3 Å². The normalized spacial score (nSPS) is 13.0. The molecule has 0 aliphatic heterocycles. The van der Waals surface area contributed by atoms with Gasteiger partial charge in [-0.1, -0.05) is 18.2 Å². The van der Waals surface area contributed by atoms with Crippen LogP contribution in [0, 0.1) is 0 Å². The maximum atomic E-state index is 5.18. The molecule has 6 heteroatoms. The fourth-order valence-electron chi connectivity index (χ4n) is 2.36. The molecule has 1 aromatic heterocycles. The number of nitrogens with zero attached hydrogens (tertiary/aromatic N) is 2. The summed E-state index contributed by atoms with van der Waals surface area (Å²) in [5.41, 5.74) is 1.18. The van der Waals surface area contributed by atoms with E-state index in [-0.39, 0.29) is 0 Å². The van der Waals surface area contributed by atoms with E-state index in [1.165, 1.54) is 10.4 Å². The molecular weight excluding hydrogens is 320 g/mol. The van der Waals surface area contributed by atoms with Gasteiger partial charge >= 0.3 is 0 Å². The maximum absolute atomic E-state index is 5.18. The molecular formula is C18H26N4OS. The van der Waals surface area contributed by atoms with Crippen molar-refractivity contribution in [2.45, 2.75) is 12.6 Å². The molecule has 1 unspecified atom stereocenters. The fourth-order valence-corrected chi connectivity index (χ4v) is 3.28. The number of likely N-dealkylation sites (N-methyl/N-ethyl adjacent to an activating group) is 1. The molecule has 0 aliphatic carbocycles. The monoisotopic (exact) mass is 346 g/mol. The van der Waals surface area contributed by atoms with Gasteiger partial charge in [0, 0.05) is 25.0 Å². The van der Waals surface area contributed by atoms with Gasteiger partial charge in [-0.05, 0) is 43.2 Å². The van der Waals surface area contributed by atoms with Gasteiger partial charge in [-0.15, -0.1) is 11.3 Å². The van der Waals surface area contributed by atoms with Crippen LogP contribution in [0.2, 0.25) is 0 Å². The van der Waals surface area contributed by atoms with Crippen molar-refractivity contribution in [3.63, 3.8) is 0 Å². The zero-order valence-corrected chi connectivity index (χ0v) is 15.6. The minimum Gasteiger partial charge on any atom is -0.497 e. The second-order valence-electron chi connectivity index (χ2n) is 5.65. The van der Waals surface area contributed by atoms with Crippen molar-refractivity contribution in [2.75, 3.05) is 34.8 Å². The number of benzene rings is 1. The second-order valence-corrected chi connectivity index (χ2v) is 6.63. The van der Waals surface area contributed by atoms with E-state index < -0.39 is 0 Å². The minimum atomic E-state index is 0.324. The first kappa shape index (κ1) is 18.3. The molecule has 130 valence electrons. The second kappa shape index (κ2) is 9.30. The first-order chi connectivity index (χ1) is 11.6. The van der Waals surface area contributed by atoms with E-state index in [4.69, 9.17) is 4.74 Å². The Balaban J connectivity index is 1.87. The topological polar surface area (TPSA) is 48.9 Å². The molecule has 24 heavy (non-hydrogen) atoms. The predicted octanol–water partition coefficient (Wildman–Crippen LogP) is 2.72. The summed E-state index contributed by atoms with van der Waals surface area (Å²) in [4.78, 5) is 7.87. The number of rotatable bonds is 7. The van der Waals surface area contributed by atoms with Crippen LogP contribution in [0.3, 0.4) is 0 Å². The van der Waals surface area contributed by atoms with Crippen LogP contribution in [0.25, 0.3) is 0 Å². The van der Waals surface area contributed by atoms with Gasteiger partial charge < -0.3 is 20.3 Å². The van der Waals surface area contributed by atoms with Gasteiger partial charge in [0.1, 0.15) is 5.75 Å². The van der Waals surface area contributed by atoms with Crippen molar-refractivity contribution in [1.29, 1.82) is 0 Å². The number of hydrogen-bond acceptors (Lipinski definition) is 4. The lowest BCUT2D eigenvalue weighted by Gasteiger charge is -2.24. The Hall–Kier alpha value is -2.05. The summed E-state index contributed by atoms with van der Waals surface area (Å²) >= 11 is 1.78. The Morgan fingerprint density at radius 3 is 2.50 bits per heavy atom. The summed E-state index contributed by atoms with van der Waals surface area (Å²) in [5.74, 6) is 1.67. The molecule has 2 aromatic rings. The molecule has 0 radical (unpaired) electrons. The van der Waals surface area contributed by atoms with Crippen molar-refractivity contribution in [3.8, 4) is 5.75 Å². The number of hydrogen-bond donors (Lipinski definition) is 2. The summed E-state index contributed by atoms with van der Waals surface area (Å²) in [6.07, 6.45) is 0. The van der Waals surface area contributed by atoms with E-state index >= 15 is 0 Å². The number of thiophene rings is 1. The zero-order chi connectivity index (χ0) is 17.4. The molecule has 0 bridgehead atoms. The highest BCUT2D eigenvalue weighted by molar-refractivity contribution is 7.10. The van der Waals surface area contributed by atoms with E-state index in [1.54, 1.807) is 25.5 Å². The van der Waals surface area contributed by atoms with E-state index in [0.29, 0.717) is 6.04 Å². The lowest BCUT2D eigenvalue weighted by atomic mass is 10.2. The number of aliphatic imine (C=N–C) groups is 1. The van der Waals surface area contributed by atoms with Gasteiger partial charge in [0.05, 0.1) is 13.2 Å². The Labute approximate surface area is 148 Å². The molecule has 0 saturated carbocycles. The first-order valence-corrected chi connectivity index (χ1v) is 8.79. The molecule has 1 heterocycles. The van der Waals surface area contributed by atoms with Gasteiger partial charge in [0.2, 0.25) is 0 Å². The van der Waals surface area contributed by atoms with Crippen molar-refractivity contribution in [1.82, 2.24) is 15.5 Å². The molecule has 0 amide bonds. The van der Waals surface area contributed by atoms with Crippen LogP contribution in [0.4, 0.5) is 0 Å². The molecule has 2 N–H and O–H groups in total. The van der Waals surface area contributed by atoms with E-state index in [9.17, 15) is 0 Å². The van der Waals surface area contributed by atoms with Gasteiger partial charge in [0.25, 0.3) is 0 Å². The Bertz CT molecular complexity index is 623. The SMILES string of the molecule is CN=C(NCc1ccc(OC)cc1)NCC(c1cccs1)N(C)C. The zero-order valence-electron chi connectivity index (χ0n) is 14.7. The molecule has 0 fully saturated rings.